The molecule has 1 aromatic carbocycles. The number of rotatable bonds is 8. The Labute approximate surface area is 168 Å². The molecule has 3 rings (SSSR count). The second-order valence-corrected chi connectivity index (χ2v) is 8.48. The fourth-order valence-corrected chi connectivity index (χ4v) is 4.19. The van der Waals surface area contributed by atoms with E-state index >= 15 is 0 Å². The first kappa shape index (κ1) is 21.2. The van der Waals surface area contributed by atoms with Gasteiger partial charge in [-0.05, 0) is 64.9 Å². The molecule has 2 aliphatic rings. The summed E-state index contributed by atoms with van der Waals surface area (Å²) in [6.45, 7) is 5.34. The molecule has 0 bridgehead atoms. The zero-order valence-corrected chi connectivity index (χ0v) is 17.3. The third-order valence-electron chi connectivity index (χ3n) is 5.79. The van der Waals surface area contributed by atoms with E-state index in [1.807, 2.05) is 36.0 Å². The Hall–Kier alpha value is -1.50. The minimum atomic E-state index is -0.123. The van der Waals surface area contributed by atoms with Crippen LogP contribution in [0.15, 0.2) is 24.3 Å². The Morgan fingerprint density at radius 3 is 2.57 bits per heavy atom. The van der Waals surface area contributed by atoms with Gasteiger partial charge in [0, 0.05) is 31.8 Å². The van der Waals surface area contributed by atoms with Crippen LogP contribution in [0.4, 0.5) is 4.39 Å². The average molecular weight is 392 g/mol. The molecule has 156 valence electrons. The summed E-state index contributed by atoms with van der Waals surface area (Å²) in [5, 5.41) is 0. The highest BCUT2D eigenvalue weighted by Crippen LogP contribution is 2.22. The highest BCUT2D eigenvalue weighted by Gasteiger charge is 2.27. The fourth-order valence-electron chi connectivity index (χ4n) is 4.19. The molecule has 2 fully saturated rings. The first-order valence-electron chi connectivity index (χ1n) is 10.5. The molecule has 0 aromatic heterocycles. The molecule has 0 spiro atoms. The second-order valence-electron chi connectivity index (χ2n) is 8.48. The van der Waals surface area contributed by atoms with Crippen molar-refractivity contribution in [1.82, 2.24) is 14.7 Å². The number of amides is 1. The molecule has 2 saturated heterocycles. The molecule has 6 heteroatoms. The van der Waals surface area contributed by atoms with E-state index in [1.54, 1.807) is 6.07 Å². The van der Waals surface area contributed by atoms with Crippen LogP contribution >= 0.6 is 0 Å². The Bertz CT molecular complexity index is 626. The van der Waals surface area contributed by atoms with Crippen LogP contribution in [-0.2, 0) is 16.1 Å². The maximum atomic E-state index is 13.9. The number of likely N-dealkylation sites (tertiary alicyclic amines) is 1. The summed E-state index contributed by atoms with van der Waals surface area (Å²) < 4.78 is 19.7. The van der Waals surface area contributed by atoms with Crippen molar-refractivity contribution in [3.63, 3.8) is 0 Å². The lowest BCUT2D eigenvalue weighted by Crippen LogP contribution is -2.46. The Kier molecular flexibility index (Phi) is 7.82. The number of ether oxygens (including phenoxy) is 1. The molecule has 0 aliphatic carbocycles. The van der Waals surface area contributed by atoms with Crippen LogP contribution in [0.1, 0.15) is 31.2 Å². The van der Waals surface area contributed by atoms with Crippen LogP contribution < -0.4 is 0 Å². The van der Waals surface area contributed by atoms with Crippen molar-refractivity contribution in [3.05, 3.63) is 35.6 Å². The molecule has 0 N–H and O–H groups in total. The number of nitrogens with zero attached hydrogens (tertiary/aromatic N) is 3. The van der Waals surface area contributed by atoms with Gasteiger partial charge in [-0.1, -0.05) is 18.2 Å². The largest absolute Gasteiger partial charge is 0.376 e. The van der Waals surface area contributed by atoms with Crippen LogP contribution in [0.25, 0.3) is 0 Å². The van der Waals surface area contributed by atoms with Crippen molar-refractivity contribution in [2.45, 2.75) is 38.3 Å². The van der Waals surface area contributed by atoms with Crippen LogP contribution in [0.5, 0.6) is 0 Å². The number of hydrogen-bond donors (Lipinski definition) is 0. The number of likely N-dealkylation sites (N-methyl/N-ethyl adjacent to an activating group) is 1. The van der Waals surface area contributed by atoms with Crippen molar-refractivity contribution in [1.29, 1.82) is 0 Å². The third-order valence-corrected chi connectivity index (χ3v) is 5.79. The van der Waals surface area contributed by atoms with Gasteiger partial charge in [0.25, 0.3) is 0 Å². The van der Waals surface area contributed by atoms with Crippen molar-refractivity contribution in [3.8, 4) is 0 Å². The van der Waals surface area contributed by atoms with E-state index in [0.29, 0.717) is 25.6 Å². The highest BCUT2D eigenvalue weighted by atomic mass is 19.1. The first-order chi connectivity index (χ1) is 13.5. The van der Waals surface area contributed by atoms with Crippen molar-refractivity contribution in [2.24, 2.45) is 5.92 Å². The SMILES string of the molecule is CN(C)CC(=O)N(CC1CCN(Cc2ccccc2F)CC1)C[C@@H]1CCCO1. The number of carbonyl (C=O) groups is 1. The molecular weight excluding hydrogens is 357 g/mol. The minimum absolute atomic E-state index is 0.123. The lowest BCUT2D eigenvalue weighted by molar-refractivity contribution is -0.134. The molecule has 2 heterocycles. The van der Waals surface area contributed by atoms with Gasteiger partial charge in [-0.3, -0.25) is 9.69 Å². The predicted molar refractivity (Wildman–Crippen MR) is 109 cm³/mol. The lowest BCUT2D eigenvalue weighted by atomic mass is 9.95. The summed E-state index contributed by atoms with van der Waals surface area (Å²) in [5.74, 6) is 0.570. The fraction of sp³-hybridized carbons (Fsp3) is 0.682. The maximum absolute atomic E-state index is 13.9. The topological polar surface area (TPSA) is 36.0 Å². The van der Waals surface area contributed by atoms with Gasteiger partial charge < -0.3 is 14.5 Å². The minimum Gasteiger partial charge on any atom is -0.376 e. The van der Waals surface area contributed by atoms with Gasteiger partial charge in [-0.15, -0.1) is 0 Å². The van der Waals surface area contributed by atoms with Crippen molar-refractivity contribution >= 4 is 5.91 Å². The standard InChI is InChI=1S/C22H34FN3O2/c1-24(2)17-22(27)26(16-20-7-5-13-28-20)14-18-9-11-25(12-10-18)15-19-6-3-4-8-21(19)23/h3-4,6,8,18,20H,5,7,9-17H2,1-2H3/t20-/m0/s1. The van der Waals surface area contributed by atoms with Gasteiger partial charge in [0.15, 0.2) is 0 Å². The summed E-state index contributed by atoms with van der Waals surface area (Å²) >= 11 is 0. The van der Waals surface area contributed by atoms with E-state index in [2.05, 4.69) is 4.90 Å². The van der Waals surface area contributed by atoms with Crippen LogP contribution in [-0.4, -0.2) is 80.1 Å². The number of benzene rings is 1. The lowest BCUT2D eigenvalue weighted by Gasteiger charge is -2.36. The smallest absolute Gasteiger partial charge is 0.236 e. The quantitative estimate of drug-likeness (QED) is 0.683. The van der Waals surface area contributed by atoms with Crippen LogP contribution in [0, 0.1) is 11.7 Å². The van der Waals surface area contributed by atoms with E-state index in [-0.39, 0.29) is 17.8 Å². The summed E-state index contributed by atoms with van der Waals surface area (Å²) in [6, 6.07) is 7.02. The second kappa shape index (κ2) is 10.3. The summed E-state index contributed by atoms with van der Waals surface area (Å²) in [5.41, 5.74) is 0.766. The van der Waals surface area contributed by atoms with E-state index in [0.717, 1.165) is 57.5 Å². The molecule has 1 aromatic rings. The summed E-state index contributed by atoms with van der Waals surface area (Å²) in [4.78, 5) is 19.0. The normalized spacial score (nSPS) is 21.4. The van der Waals surface area contributed by atoms with Gasteiger partial charge >= 0.3 is 0 Å². The van der Waals surface area contributed by atoms with Crippen LogP contribution in [0.2, 0.25) is 0 Å². The number of piperidine rings is 1. The molecule has 1 amide bonds. The van der Waals surface area contributed by atoms with Gasteiger partial charge in [0.05, 0.1) is 12.6 Å². The first-order valence-corrected chi connectivity index (χ1v) is 10.5. The molecule has 5 nitrogen and oxygen atoms in total. The molecular formula is C22H34FN3O2. The molecule has 1 atom stereocenters. The average Bonchev–Trinajstić information content (AvgIpc) is 3.17. The van der Waals surface area contributed by atoms with Gasteiger partial charge in [-0.2, -0.15) is 0 Å². The Morgan fingerprint density at radius 2 is 1.93 bits per heavy atom. The van der Waals surface area contributed by atoms with Gasteiger partial charge in [0.1, 0.15) is 5.82 Å². The van der Waals surface area contributed by atoms with Crippen LogP contribution in [0.3, 0.4) is 0 Å². The number of carbonyl (C=O) groups excluding carboxylic acids is 1. The summed E-state index contributed by atoms with van der Waals surface area (Å²) in [7, 11) is 3.87. The van der Waals surface area contributed by atoms with Gasteiger partial charge in [-0.25, -0.2) is 4.39 Å². The van der Waals surface area contributed by atoms with E-state index in [9.17, 15) is 9.18 Å². The predicted octanol–water partition coefficient (Wildman–Crippen LogP) is 2.61. The maximum Gasteiger partial charge on any atom is 0.236 e. The van der Waals surface area contributed by atoms with E-state index in [4.69, 9.17) is 4.74 Å². The monoisotopic (exact) mass is 391 g/mol. The highest BCUT2D eigenvalue weighted by molar-refractivity contribution is 5.78. The Balaban J connectivity index is 1.50. The van der Waals surface area contributed by atoms with Crippen molar-refractivity contribution < 1.29 is 13.9 Å². The third kappa shape index (κ3) is 6.26. The molecule has 28 heavy (non-hydrogen) atoms. The molecule has 0 unspecified atom stereocenters. The van der Waals surface area contributed by atoms with E-state index in [1.165, 1.54) is 6.07 Å². The molecule has 0 saturated carbocycles. The van der Waals surface area contributed by atoms with Crippen molar-refractivity contribution in [2.75, 3.05) is 53.4 Å². The number of hydrogen-bond acceptors (Lipinski definition) is 4. The summed E-state index contributed by atoms with van der Waals surface area (Å²) in [6.07, 6.45) is 4.42. The number of halogens is 1. The molecule has 0 radical (unpaired) electrons. The molecule has 2 aliphatic heterocycles. The van der Waals surface area contributed by atoms with Gasteiger partial charge in [0.2, 0.25) is 5.91 Å². The zero-order valence-electron chi connectivity index (χ0n) is 17.3. The van der Waals surface area contributed by atoms with E-state index < -0.39 is 0 Å². The zero-order chi connectivity index (χ0) is 19.9. The Morgan fingerprint density at radius 1 is 1.18 bits per heavy atom.